The largest absolute Gasteiger partial charge is 0.355 e. The molecule has 0 saturated heterocycles. The Kier molecular flexibility index (Phi) is 6.50. The van der Waals surface area contributed by atoms with Gasteiger partial charge in [-0.2, -0.15) is 9.57 Å². The number of carbonyl (C=O) groups is 1. The second-order valence-electron chi connectivity index (χ2n) is 5.92. The smallest absolute Gasteiger partial charge is 0.243 e. The molecule has 6 nitrogen and oxygen atoms in total. The molecule has 0 saturated carbocycles. The summed E-state index contributed by atoms with van der Waals surface area (Å²) in [5, 5.41) is 11.5. The first-order valence-electron chi connectivity index (χ1n) is 8.12. The van der Waals surface area contributed by atoms with Crippen LogP contribution in [0.3, 0.4) is 0 Å². The highest BCUT2D eigenvalue weighted by Gasteiger charge is 2.22. The lowest BCUT2D eigenvalue weighted by atomic mass is 10.1. The summed E-state index contributed by atoms with van der Waals surface area (Å²) in [4.78, 5) is 12.1. The third-order valence-corrected chi connectivity index (χ3v) is 5.85. The Morgan fingerprint density at radius 1 is 1.15 bits per heavy atom. The third kappa shape index (κ3) is 4.91. The summed E-state index contributed by atoms with van der Waals surface area (Å²) in [7, 11) is -2.42. The molecule has 0 bridgehead atoms. The normalized spacial score (nSPS) is 11.2. The summed E-state index contributed by atoms with van der Waals surface area (Å²) in [5.41, 5.74) is 2.68. The zero-order valence-electron chi connectivity index (χ0n) is 14.8. The van der Waals surface area contributed by atoms with Gasteiger partial charge in [-0.1, -0.05) is 24.3 Å². The average molecular weight is 371 g/mol. The van der Waals surface area contributed by atoms with E-state index in [4.69, 9.17) is 5.26 Å². The Morgan fingerprint density at radius 2 is 1.81 bits per heavy atom. The van der Waals surface area contributed by atoms with Crippen molar-refractivity contribution >= 4 is 15.9 Å². The Morgan fingerprint density at radius 3 is 2.42 bits per heavy atom. The van der Waals surface area contributed by atoms with Gasteiger partial charge in [0.2, 0.25) is 15.9 Å². The number of carbonyl (C=O) groups excluding carboxylic acids is 1. The predicted octanol–water partition coefficient (Wildman–Crippen LogP) is 1.85. The molecular formula is C19H21N3O3S. The van der Waals surface area contributed by atoms with Gasteiger partial charge in [-0.15, -0.1) is 0 Å². The van der Waals surface area contributed by atoms with Crippen molar-refractivity contribution in [2.24, 2.45) is 0 Å². The van der Waals surface area contributed by atoms with Crippen LogP contribution in [-0.4, -0.2) is 38.8 Å². The van der Waals surface area contributed by atoms with E-state index in [1.807, 2.05) is 37.3 Å². The van der Waals surface area contributed by atoms with E-state index in [-0.39, 0.29) is 17.3 Å². The minimum atomic E-state index is -3.78. The number of aryl methyl sites for hydroxylation is 1. The molecule has 0 radical (unpaired) electrons. The van der Waals surface area contributed by atoms with Gasteiger partial charge in [-0.05, 0) is 48.7 Å². The summed E-state index contributed by atoms with van der Waals surface area (Å²) >= 11 is 0. The van der Waals surface area contributed by atoms with Gasteiger partial charge in [0.25, 0.3) is 0 Å². The molecule has 2 aromatic carbocycles. The van der Waals surface area contributed by atoms with E-state index in [1.165, 1.54) is 31.3 Å². The molecule has 0 atom stereocenters. The van der Waals surface area contributed by atoms with Crippen LogP contribution in [0.5, 0.6) is 0 Å². The minimum Gasteiger partial charge on any atom is -0.355 e. The highest BCUT2D eigenvalue weighted by molar-refractivity contribution is 7.89. The molecule has 0 heterocycles. The molecule has 0 fully saturated rings. The Hall–Kier alpha value is -2.69. The molecule has 0 aliphatic heterocycles. The van der Waals surface area contributed by atoms with Gasteiger partial charge in [0.15, 0.2) is 0 Å². The number of sulfonamides is 1. The van der Waals surface area contributed by atoms with E-state index >= 15 is 0 Å². The zero-order valence-corrected chi connectivity index (χ0v) is 15.6. The Bertz CT molecular complexity index is 916. The number of likely N-dealkylation sites (N-methyl/N-ethyl adjacent to an activating group) is 1. The number of hydrogen-bond acceptors (Lipinski definition) is 4. The van der Waals surface area contributed by atoms with Crippen molar-refractivity contribution in [3.8, 4) is 6.07 Å². The molecule has 2 rings (SSSR count). The molecule has 0 aliphatic rings. The number of nitrogens with zero attached hydrogens (tertiary/aromatic N) is 2. The van der Waals surface area contributed by atoms with Gasteiger partial charge in [-0.3, -0.25) is 4.79 Å². The quantitative estimate of drug-likeness (QED) is 0.804. The lowest BCUT2D eigenvalue weighted by molar-refractivity contribution is -0.121. The molecule has 0 aliphatic carbocycles. The minimum absolute atomic E-state index is 0.0479. The highest BCUT2D eigenvalue weighted by atomic mass is 32.2. The van der Waals surface area contributed by atoms with Crippen molar-refractivity contribution in [3.63, 3.8) is 0 Å². The van der Waals surface area contributed by atoms with Gasteiger partial charge in [0, 0.05) is 13.6 Å². The predicted molar refractivity (Wildman–Crippen MR) is 98.9 cm³/mol. The standard InChI is InChI=1S/C19H21N3O3S/c1-15-5-3-4-6-17(15)11-12-21-19(23)14-22(2)26(24,25)18-9-7-16(13-20)8-10-18/h3-10H,11-12,14H2,1-2H3,(H,21,23). The van der Waals surface area contributed by atoms with E-state index in [9.17, 15) is 13.2 Å². The van der Waals surface area contributed by atoms with Gasteiger partial charge in [0.1, 0.15) is 0 Å². The SMILES string of the molecule is Cc1ccccc1CCNC(=O)CN(C)S(=O)(=O)c1ccc(C#N)cc1. The molecule has 7 heteroatoms. The van der Waals surface area contributed by atoms with Crippen LogP contribution in [0.15, 0.2) is 53.4 Å². The third-order valence-electron chi connectivity index (χ3n) is 4.04. The molecular weight excluding hydrogens is 350 g/mol. The first-order valence-corrected chi connectivity index (χ1v) is 9.56. The molecule has 26 heavy (non-hydrogen) atoms. The molecule has 1 N–H and O–H groups in total. The van der Waals surface area contributed by atoms with Crippen LogP contribution in [0.2, 0.25) is 0 Å². The fourth-order valence-corrected chi connectivity index (χ4v) is 3.58. The molecule has 0 aromatic heterocycles. The van der Waals surface area contributed by atoms with Crippen LogP contribution >= 0.6 is 0 Å². The van der Waals surface area contributed by atoms with Crippen LogP contribution in [0, 0.1) is 18.3 Å². The van der Waals surface area contributed by atoms with E-state index in [0.717, 1.165) is 15.4 Å². The summed E-state index contributed by atoms with van der Waals surface area (Å²) in [6, 6.07) is 15.4. The highest BCUT2D eigenvalue weighted by Crippen LogP contribution is 2.14. The maximum Gasteiger partial charge on any atom is 0.243 e. The van der Waals surface area contributed by atoms with Crippen molar-refractivity contribution < 1.29 is 13.2 Å². The van der Waals surface area contributed by atoms with E-state index in [0.29, 0.717) is 18.5 Å². The second kappa shape index (κ2) is 8.61. The number of hydrogen-bond donors (Lipinski definition) is 1. The fraction of sp³-hybridized carbons (Fsp3) is 0.263. The van der Waals surface area contributed by atoms with Crippen molar-refractivity contribution in [1.29, 1.82) is 5.26 Å². The van der Waals surface area contributed by atoms with Crippen LogP contribution in [0.1, 0.15) is 16.7 Å². The fourth-order valence-electron chi connectivity index (χ4n) is 2.45. The summed E-state index contributed by atoms with van der Waals surface area (Å²) in [5.74, 6) is -0.363. The van der Waals surface area contributed by atoms with Crippen LogP contribution in [0.25, 0.3) is 0 Å². The summed E-state index contributed by atoms with van der Waals surface area (Å²) < 4.78 is 25.9. The van der Waals surface area contributed by atoms with Gasteiger partial charge < -0.3 is 5.32 Å². The number of nitrogens with one attached hydrogen (secondary N) is 1. The first kappa shape index (κ1) is 19.6. The molecule has 2 aromatic rings. The molecule has 1 amide bonds. The van der Waals surface area contributed by atoms with Gasteiger partial charge in [0.05, 0.1) is 23.1 Å². The maximum absolute atomic E-state index is 12.5. The first-order chi connectivity index (χ1) is 12.3. The van der Waals surface area contributed by atoms with Crippen molar-refractivity contribution in [1.82, 2.24) is 9.62 Å². The number of amides is 1. The van der Waals surface area contributed by atoms with Gasteiger partial charge >= 0.3 is 0 Å². The number of nitriles is 1. The van der Waals surface area contributed by atoms with Crippen molar-refractivity contribution in [3.05, 3.63) is 65.2 Å². The van der Waals surface area contributed by atoms with Crippen molar-refractivity contribution in [2.75, 3.05) is 20.1 Å². The zero-order chi connectivity index (χ0) is 19.2. The monoisotopic (exact) mass is 371 g/mol. The van der Waals surface area contributed by atoms with E-state index in [2.05, 4.69) is 5.32 Å². The summed E-state index contributed by atoms with van der Waals surface area (Å²) in [6.45, 7) is 2.18. The molecule has 0 unspecified atom stereocenters. The van der Waals surface area contributed by atoms with Crippen molar-refractivity contribution in [2.45, 2.75) is 18.2 Å². The van der Waals surface area contributed by atoms with E-state index < -0.39 is 10.0 Å². The number of rotatable bonds is 7. The maximum atomic E-state index is 12.5. The lowest BCUT2D eigenvalue weighted by Gasteiger charge is -2.17. The van der Waals surface area contributed by atoms with Gasteiger partial charge in [-0.25, -0.2) is 8.42 Å². The van der Waals surface area contributed by atoms with Crippen LogP contribution in [0.4, 0.5) is 0 Å². The molecule has 136 valence electrons. The Balaban J connectivity index is 1.91. The summed E-state index contributed by atoms with van der Waals surface area (Å²) in [6.07, 6.45) is 0.685. The van der Waals surface area contributed by atoms with Crippen LogP contribution in [-0.2, 0) is 21.2 Å². The lowest BCUT2D eigenvalue weighted by Crippen LogP contribution is -2.39. The van der Waals surface area contributed by atoms with E-state index in [1.54, 1.807) is 0 Å². The Labute approximate surface area is 154 Å². The van der Waals surface area contributed by atoms with Crippen LogP contribution < -0.4 is 5.32 Å². The second-order valence-corrected chi connectivity index (χ2v) is 7.97. The average Bonchev–Trinajstić information content (AvgIpc) is 2.63. The topological polar surface area (TPSA) is 90.3 Å². The number of benzene rings is 2. The molecule has 0 spiro atoms.